The van der Waals surface area contributed by atoms with Gasteiger partial charge in [0.15, 0.2) is 11.6 Å². The van der Waals surface area contributed by atoms with Crippen LogP contribution in [-0.2, 0) is 4.79 Å². The quantitative estimate of drug-likeness (QED) is 0.678. The van der Waals surface area contributed by atoms with E-state index in [1.54, 1.807) is 30.4 Å². The highest BCUT2D eigenvalue weighted by Gasteiger charge is 2.21. The number of aliphatic hydroxyl groups is 2. The summed E-state index contributed by atoms with van der Waals surface area (Å²) in [5.74, 6) is -0.768. The van der Waals surface area contributed by atoms with Gasteiger partial charge in [0.05, 0.1) is 11.7 Å². The second-order valence-electron chi connectivity index (χ2n) is 6.02. The fourth-order valence-corrected chi connectivity index (χ4v) is 2.69. The van der Waals surface area contributed by atoms with Gasteiger partial charge in [-0.2, -0.15) is 0 Å². The maximum atomic E-state index is 12.4. The SMILES string of the molecule is Cc1cc(O)c2c(c1)/C=C/C[C@H](O)[C@H](O)C(=O)/C=C/CCCC2=O. The largest absolute Gasteiger partial charge is 0.507 e. The highest BCUT2D eigenvalue weighted by Crippen LogP contribution is 2.27. The maximum absolute atomic E-state index is 12.4. The van der Waals surface area contributed by atoms with Gasteiger partial charge < -0.3 is 15.3 Å². The fourth-order valence-electron chi connectivity index (χ4n) is 2.69. The van der Waals surface area contributed by atoms with Gasteiger partial charge in [-0.05, 0) is 49.5 Å². The first kappa shape index (κ1) is 18.1. The second-order valence-corrected chi connectivity index (χ2v) is 6.02. The first-order chi connectivity index (χ1) is 11.4. The Kier molecular flexibility index (Phi) is 6.06. The Hall–Kier alpha value is -2.24. The van der Waals surface area contributed by atoms with Crippen LogP contribution >= 0.6 is 0 Å². The molecule has 2 rings (SSSR count). The number of allylic oxidation sites excluding steroid dienone is 1. The van der Waals surface area contributed by atoms with Crippen LogP contribution in [0.1, 0.15) is 47.2 Å². The third kappa shape index (κ3) is 4.40. The van der Waals surface area contributed by atoms with Crippen molar-refractivity contribution < 1.29 is 24.9 Å². The molecule has 0 aliphatic heterocycles. The van der Waals surface area contributed by atoms with Crippen LogP contribution in [0, 0.1) is 6.92 Å². The third-order valence-corrected chi connectivity index (χ3v) is 3.96. The molecule has 5 heteroatoms. The van der Waals surface area contributed by atoms with Crippen molar-refractivity contribution in [2.45, 2.75) is 44.8 Å². The summed E-state index contributed by atoms with van der Waals surface area (Å²) in [6, 6.07) is 3.33. The Morgan fingerprint density at radius 1 is 1.08 bits per heavy atom. The Labute approximate surface area is 140 Å². The van der Waals surface area contributed by atoms with Crippen molar-refractivity contribution in [3.05, 3.63) is 47.1 Å². The van der Waals surface area contributed by atoms with Gasteiger partial charge in [0.2, 0.25) is 0 Å². The van der Waals surface area contributed by atoms with Crippen LogP contribution < -0.4 is 0 Å². The van der Waals surface area contributed by atoms with Crippen molar-refractivity contribution in [1.82, 2.24) is 0 Å². The minimum atomic E-state index is -1.47. The summed E-state index contributed by atoms with van der Waals surface area (Å²) in [7, 11) is 0. The molecule has 128 valence electrons. The number of aryl methyl sites for hydroxylation is 1. The van der Waals surface area contributed by atoms with Gasteiger partial charge in [0.25, 0.3) is 0 Å². The highest BCUT2D eigenvalue weighted by atomic mass is 16.3. The monoisotopic (exact) mass is 330 g/mol. The van der Waals surface area contributed by atoms with Crippen LogP contribution in [0.15, 0.2) is 30.4 Å². The minimum Gasteiger partial charge on any atom is -0.507 e. The molecule has 2 atom stereocenters. The number of Topliss-reactive ketones (excluding diaryl/α,β-unsaturated/α-hetero) is 1. The normalized spacial score (nSPS) is 25.6. The van der Waals surface area contributed by atoms with Crippen LogP contribution in [0.5, 0.6) is 5.75 Å². The van der Waals surface area contributed by atoms with Gasteiger partial charge in [0.1, 0.15) is 11.9 Å². The number of carbonyl (C=O) groups is 2. The molecule has 24 heavy (non-hydrogen) atoms. The average Bonchev–Trinajstić information content (AvgIpc) is 2.51. The van der Waals surface area contributed by atoms with Gasteiger partial charge in [-0.3, -0.25) is 9.59 Å². The number of ketones is 2. The van der Waals surface area contributed by atoms with Crippen molar-refractivity contribution in [3.8, 4) is 5.75 Å². The van der Waals surface area contributed by atoms with E-state index < -0.39 is 18.0 Å². The van der Waals surface area contributed by atoms with E-state index in [-0.39, 0.29) is 29.9 Å². The van der Waals surface area contributed by atoms with E-state index in [0.29, 0.717) is 18.4 Å². The molecule has 0 fully saturated rings. The zero-order valence-corrected chi connectivity index (χ0v) is 13.6. The number of carbonyl (C=O) groups excluding carboxylic acids is 2. The summed E-state index contributed by atoms with van der Waals surface area (Å²) in [4.78, 5) is 24.1. The molecule has 0 heterocycles. The molecule has 0 saturated heterocycles. The van der Waals surface area contributed by atoms with Crippen molar-refractivity contribution >= 4 is 17.6 Å². The number of hydrogen-bond acceptors (Lipinski definition) is 5. The van der Waals surface area contributed by atoms with Crippen LogP contribution in [0.4, 0.5) is 0 Å². The summed E-state index contributed by atoms with van der Waals surface area (Å²) >= 11 is 0. The molecule has 0 bridgehead atoms. The molecule has 5 nitrogen and oxygen atoms in total. The molecule has 3 N–H and O–H groups in total. The smallest absolute Gasteiger partial charge is 0.186 e. The molecule has 0 amide bonds. The topological polar surface area (TPSA) is 94.8 Å². The fraction of sp³-hybridized carbons (Fsp3) is 0.368. The van der Waals surface area contributed by atoms with E-state index in [1.807, 2.05) is 6.92 Å². The van der Waals surface area contributed by atoms with Crippen LogP contribution in [0.3, 0.4) is 0 Å². The van der Waals surface area contributed by atoms with E-state index in [2.05, 4.69) is 0 Å². The summed E-state index contributed by atoms with van der Waals surface area (Å²) in [6.45, 7) is 1.81. The standard InChI is InChI=1S/C19H22O5/c1-12-10-13-6-5-9-16(22)19(24)15(21)8-4-2-3-7-14(20)18(13)17(23)11-12/h4-6,8,10-11,16,19,22-24H,2-3,7,9H2,1H3/b6-5+,8-4+/t16-,19+/m0/s1. The number of phenols is 1. The number of benzene rings is 1. The number of rotatable bonds is 0. The first-order valence-electron chi connectivity index (χ1n) is 8.00. The van der Waals surface area contributed by atoms with E-state index in [9.17, 15) is 24.9 Å². The Bertz CT molecular complexity index is 687. The molecule has 1 aromatic rings. The van der Waals surface area contributed by atoms with E-state index in [0.717, 1.165) is 5.56 Å². The van der Waals surface area contributed by atoms with Crippen LogP contribution in [0.25, 0.3) is 6.08 Å². The predicted octanol–water partition coefficient (Wildman–Crippen LogP) is 2.32. The molecule has 0 saturated carbocycles. The highest BCUT2D eigenvalue weighted by molar-refractivity contribution is 6.02. The van der Waals surface area contributed by atoms with E-state index >= 15 is 0 Å². The number of fused-ring (bicyclic) bond motifs is 1. The summed E-state index contributed by atoms with van der Waals surface area (Å²) in [5.41, 5.74) is 1.64. The van der Waals surface area contributed by atoms with Gasteiger partial charge in [-0.1, -0.05) is 24.3 Å². The van der Waals surface area contributed by atoms with Crippen LogP contribution in [0.2, 0.25) is 0 Å². The molecular weight excluding hydrogens is 308 g/mol. The lowest BCUT2D eigenvalue weighted by atomic mass is 9.95. The zero-order valence-electron chi connectivity index (χ0n) is 13.6. The number of aromatic hydroxyl groups is 1. The van der Waals surface area contributed by atoms with Gasteiger partial charge in [-0.25, -0.2) is 0 Å². The summed E-state index contributed by atoms with van der Waals surface area (Å²) in [6.07, 6.45) is 4.68. The maximum Gasteiger partial charge on any atom is 0.186 e. The Morgan fingerprint density at radius 2 is 1.83 bits per heavy atom. The van der Waals surface area contributed by atoms with Gasteiger partial charge in [0, 0.05) is 6.42 Å². The van der Waals surface area contributed by atoms with Crippen LogP contribution in [-0.4, -0.2) is 39.1 Å². The average molecular weight is 330 g/mol. The first-order valence-corrected chi connectivity index (χ1v) is 8.00. The molecule has 0 unspecified atom stereocenters. The minimum absolute atomic E-state index is 0.0574. The lowest BCUT2D eigenvalue weighted by molar-refractivity contribution is -0.127. The molecule has 1 aromatic carbocycles. The van der Waals surface area contributed by atoms with Crippen molar-refractivity contribution in [2.75, 3.05) is 0 Å². The Balaban J connectivity index is 2.38. The zero-order chi connectivity index (χ0) is 17.7. The second kappa shape index (κ2) is 8.04. The molecular formula is C19H22O5. The van der Waals surface area contributed by atoms with E-state index in [4.69, 9.17) is 0 Å². The lowest BCUT2D eigenvalue weighted by Gasteiger charge is -2.14. The number of aliphatic hydroxyl groups excluding tert-OH is 2. The molecule has 0 spiro atoms. The van der Waals surface area contributed by atoms with E-state index in [1.165, 1.54) is 6.08 Å². The van der Waals surface area contributed by atoms with Crippen molar-refractivity contribution in [2.24, 2.45) is 0 Å². The summed E-state index contributed by atoms with van der Waals surface area (Å²) < 4.78 is 0. The van der Waals surface area contributed by atoms with Crippen molar-refractivity contribution in [1.29, 1.82) is 0 Å². The summed E-state index contributed by atoms with van der Waals surface area (Å²) in [5, 5.41) is 29.8. The molecule has 1 aliphatic carbocycles. The van der Waals surface area contributed by atoms with Crippen molar-refractivity contribution in [3.63, 3.8) is 0 Å². The molecule has 1 aliphatic rings. The lowest BCUT2D eigenvalue weighted by Crippen LogP contribution is -2.32. The van der Waals surface area contributed by atoms with Gasteiger partial charge >= 0.3 is 0 Å². The number of hydrogen-bond donors (Lipinski definition) is 3. The molecule has 0 aromatic heterocycles. The Morgan fingerprint density at radius 3 is 2.58 bits per heavy atom. The number of phenolic OH excluding ortho intramolecular Hbond substituents is 1. The predicted molar refractivity (Wildman–Crippen MR) is 90.8 cm³/mol. The molecule has 0 radical (unpaired) electrons. The third-order valence-electron chi connectivity index (χ3n) is 3.96. The van der Waals surface area contributed by atoms with Gasteiger partial charge in [-0.15, -0.1) is 0 Å².